The maximum Gasteiger partial charge on any atom is 0.266 e. The van der Waals surface area contributed by atoms with Crippen LogP contribution >= 0.6 is 15.9 Å². The van der Waals surface area contributed by atoms with Gasteiger partial charge in [-0.15, -0.1) is 0 Å². The van der Waals surface area contributed by atoms with Crippen molar-refractivity contribution in [3.05, 3.63) is 105 Å². The van der Waals surface area contributed by atoms with E-state index in [1.807, 2.05) is 91.9 Å². The number of aryl methyl sites for hydroxylation is 1. The van der Waals surface area contributed by atoms with Crippen LogP contribution in [-0.2, 0) is 0 Å². The summed E-state index contributed by atoms with van der Waals surface area (Å²) in [5.74, 6) is 0.605. The van der Waals surface area contributed by atoms with Gasteiger partial charge in [0.05, 0.1) is 16.6 Å². The number of para-hydroxylation sites is 1. The zero-order valence-corrected chi connectivity index (χ0v) is 16.3. The summed E-state index contributed by atoms with van der Waals surface area (Å²) in [5, 5.41) is 0.587. The second-order valence-corrected chi connectivity index (χ2v) is 7.22. The fourth-order valence-electron chi connectivity index (χ4n) is 3.07. The smallest absolute Gasteiger partial charge is 0.266 e. The summed E-state index contributed by atoms with van der Waals surface area (Å²) in [7, 11) is 0. The van der Waals surface area contributed by atoms with Gasteiger partial charge in [-0.2, -0.15) is 0 Å². The summed E-state index contributed by atoms with van der Waals surface area (Å²) >= 11 is 3.45. The molecule has 1 aromatic heterocycles. The molecule has 0 aliphatic rings. The van der Waals surface area contributed by atoms with Crippen LogP contribution in [0.5, 0.6) is 0 Å². The van der Waals surface area contributed by atoms with Crippen LogP contribution in [0.25, 0.3) is 28.7 Å². The first-order chi connectivity index (χ1) is 13.1. The van der Waals surface area contributed by atoms with Crippen molar-refractivity contribution >= 4 is 39.0 Å². The molecule has 3 nitrogen and oxygen atoms in total. The molecule has 0 aliphatic carbocycles. The van der Waals surface area contributed by atoms with Crippen molar-refractivity contribution in [3.63, 3.8) is 0 Å². The van der Waals surface area contributed by atoms with E-state index in [4.69, 9.17) is 4.98 Å². The molecule has 1 heterocycles. The van der Waals surface area contributed by atoms with Gasteiger partial charge in [-0.1, -0.05) is 70.5 Å². The first-order valence-corrected chi connectivity index (χ1v) is 9.44. The Morgan fingerprint density at radius 1 is 0.926 bits per heavy atom. The third-order valence-corrected chi connectivity index (χ3v) is 4.93. The predicted octanol–water partition coefficient (Wildman–Crippen LogP) is 5.63. The lowest BCUT2D eigenvalue weighted by molar-refractivity contribution is 0.934. The summed E-state index contributed by atoms with van der Waals surface area (Å²) in [6.07, 6.45) is 3.87. The molecule has 3 aromatic carbocycles. The molecular weight excluding hydrogens is 400 g/mol. The van der Waals surface area contributed by atoms with Crippen molar-refractivity contribution < 1.29 is 0 Å². The number of nitrogens with zero attached hydrogens (tertiary/aromatic N) is 2. The van der Waals surface area contributed by atoms with E-state index in [2.05, 4.69) is 15.9 Å². The van der Waals surface area contributed by atoms with Gasteiger partial charge in [0.1, 0.15) is 5.82 Å². The molecule has 132 valence electrons. The largest absolute Gasteiger partial charge is 0.268 e. The summed E-state index contributed by atoms with van der Waals surface area (Å²) in [5.41, 5.74) is 3.51. The summed E-state index contributed by atoms with van der Waals surface area (Å²) in [6, 6.07) is 23.4. The molecule has 0 spiro atoms. The molecule has 0 saturated carbocycles. The lowest BCUT2D eigenvalue weighted by atomic mass is 10.1. The van der Waals surface area contributed by atoms with Crippen LogP contribution in [0.1, 0.15) is 17.0 Å². The van der Waals surface area contributed by atoms with Crippen LogP contribution < -0.4 is 5.56 Å². The Morgan fingerprint density at radius 2 is 1.67 bits per heavy atom. The monoisotopic (exact) mass is 416 g/mol. The fourth-order valence-corrected chi connectivity index (χ4v) is 3.43. The number of hydrogen-bond acceptors (Lipinski definition) is 2. The molecule has 0 atom stereocenters. The highest BCUT2D eigenvalue weighted by Gasteiger charge is 2.13. The standard InChI is InChI=1S/C23H17BrN2O/c1-16-7-5-6-10-21(16)26-22(14-11-17-8-3-2-4-9-17)25-20-13-12-18(24)15-19(20)23(26)27/h2-15H,1H3/b14-11+. The maximum atomic E-state index is 13.3. The van der Waals surface area contributed by atoms with Gasteiger partial charge < -0.3 is 0 Å². The Balaban J connectivity index is 2.00. The van der Waals surface area contributed by atoms with E-state index >= 15 is 0 Å². The van der Waals surface area contributed by atoms with Crippen LogP contribution in [-0.4, -0.2) is 9.55 Å². The molecule has 0 radical (unpaired) electrons. The van der Waals surface area contributed by atoms with Crippen molar-refractivity contribution in [1.29, 1.82) is 0 Å². The van der Waals surface area contributed by atoms with Crippen LogP contribution in [0.15, 0.2) is 82.1 Å². The molecule has 27 heavy (non-hydrogen) atoms. The van der Waals surface area contributed by atoms with Gasteiger partial charge >= 0.3 is 0 Å². The average Bonchev–Trinajstić information content (AvgIpc) is 2.69. The quantitative estimate of drug-likeness (QED) is 0.433. The van der Waals surface area contributed by atoms with Gasteiger partial charge in [0.15, 0.2) is 0 Å². The van der Waals surface area contributed by atoms with E-state index in [1.165, 1.54) is 0 Å². The number of aromatic nitrogens is 2. The van der Waals surface area contributed by atoms with E-state index < -0.39 is 0 Å². The van der Waals surface area contributed by atoms with Gasteiger partial charge in [-0.25, -0.2) is 4.98 Å². The maximum absolute atomic E-state index is 13.3. The minimum Gasteiger partial charge on any atom is -0.268 e. The van der Waals surface area contributed by atoms with Gasteiger partial charge in [-0.3, -0.25) is 9.36 Å². The van der Waals surface area contributed by atoms with Crippen LogP contribution in [0.4, 0.5) is 0 Å². The molecule has 0 bridgehead atoms. The van der Waals surface area contributed by atoms with E-state index in [9.17, 15) is 4.79 Å². The van der Waals surface area contributed by atoms with Crippen LogP contribution in [0, 0.1) is 6.92 Å². The van der Waals surface area contributed by atoms with Crippen molar-refractivity contribution in [2.24, 2.45) is 0 Å². The SMILES string of the molecule is Cc1ccccc1-n1c(/C=C/c2ccccc2)nc2ccc(Br)cc2c1=O. The van der Waals surface area contributed by atoms with Crippen molar-refractivity contribution in [2.75, 3.05) is 0 Å². The Labute approximate surface area is 165 Å². The average molecular weight is 417 g/mol. The first-order valence-electron chi connectivity index (χ1n) is 8.65. The summed E-state index contributed by atoms with van der Waals surface area (Å²) in [4.78, 5) is 18.1. The second-order valence-electron chi connectivity index (χ2n) is 6.30. The molecule has 0 aliphatic heterocycles. The van der Waals surface area contributed by atoms with Crippen LogP contribution in [0.3, 0.4) is 0 Å². The molecule has 4 rings (SSSR count). The topological polar surface area (TPSA) is 34.9 Å². The molecule has 0 amide bonds. The zero-order valence-electron chi connectivity index (χ0n) is 14.8. The summed E-state index contributed by atoms with van der Waals surface area (Å²) in [6.45, 7) is 2.00. The third-order valence-electron chi connectivity index (χ3n) is 4.44. The number of fused-ring (bicyclic) bond motifs is 1. The van der Waals surface area contributed by atoms with Crippen molar-refractivity contribution in [1.82, 2.24) is 9.55 Å². The Morgan fingerprint density at radius 3 is 2.44 bits per heavy atom. The number of rotatable bonds is 3. The molecule has 0 N–H and O–H groups in total. The van der Waals surface area contributed by atoms with E-state index in [0.717, 1.165) is 21.3 Å². The van der Waals surface area contributed by atoms with Gasteiger partial charge in [0, 0.05) is 4.47 Å². The molecular formula is C23H17BrN2O. The molecule has 4 aromatic rings. The molecule has 4 heteroatoms. The highest BCUT2D eigenvalue weighted by Crippen LogP contribution is 2.20. The molecule has 0 unspecified atom stereocenters. The molecule has 0 fully saturated rings. The Bertz CT molecular complexity index is 1210. The highest BCUT2D eigenvalue weighted by molar-refractivity contribution is 9.10. The van der Waals surface area contributed by atoms with Gasteiger partial charge in [0.25, 0.3) is 5.56 Å². The van der Waals surface area contributed by atoms with Crippen molar-refractivity contribution in [3.8, 4) is 5.69 Å². The van der Waals surface area contributed by atoms with Crippen LogP contribution in [0.2, 0.25) is 0 Å². The van der Waals surface area contributed by atoms with Crippen molar-refractivity contribution in [2.45, 2.75) is 6.92 Å². The normalized spacial score (nSPS) is 11.3. The number of halogens is 1. The minimum absolute atomic E-state index is 0.0803. The highest BCUT2D eigenvalue weighted by atomic mass is 79.9. The minimum atomic E-state index is -0.0803. The Kier molecular flexibility index (Phi) is 4.73. The van der Waals surface area contributed by atoms with E-state index in [0.29, 0.717) is 16.7 Å². The Hall–Kier alpha value is -2.98. The lowest BCUT2D eigenvalue weighted by Gasteiger charge is -2.13. The van der Waals surface area contributed by atoms with Gasteiger partial charge in [-0.05, 0) is 48.4 Å². The summed E-state index contributed by atoms with van der Waals surface area (Å²) < 4.78 is 2.54. The first kappa shape index (κ1) is 17.4. The zero-order chi connectivity index (χ0) is 18.8. The van der Waals surface area contributed by atoms with E-state index in [1.54, 1.807) is 4.57 Å². The molecule has 0 saturated heterocycles. The van der Waals surface area contributed by atoms with Gasteiger partial charge in [0.2, 0.25) is 0 Å². The number of hydrogen-bond donors (Lipinski definition) is 0. The number of benzene rings is 3. The predicted molar refractivity (Wildman–Crippen MR) is 115 cm³/mol. The lowest BCUT2D eigenvalue weighted by Crippen LogP contribution is -2.23. The van der Waals surface area contributed by atoms with E-state index in [-0.39, 0.29) is 5.56 Å². The second kappa shape index (κ2) is 7.33. The third kappa shape index (κ3) is 3.49. The fraction of sp³-hybridized carbons (Fsp3) is 0.0435.